The van der Waals surface area contributed by atoms with E-state index < -0.39 is 0 Å². The van der Waals surface area contributed by atoms with Gasteiger partial charge in [-0.2, -0.15) is 0 Å². The van der Waals surface area contributed by atoms with Crippen molar-refractivity contribution in [3.63, 3.8) is 0 Å². The van der Waals surface area contributed by atoms with Gasteiger partial charge in [0.15, 0.2) is 5.96 Å². The van der Waals surface area contributed by atoms with Gasteiger partial charge < -0.3 is 19.9 Å². The van der Waals surface area contributed by atoms with Crippen LogP contribution in [0.25, 0.3) is 5.69 Å². The van der Waals surface area contributed by atoms with Crippen molar-refractivity contribution in [3.8, 4) is 5.69 Å². The van der Waals surface area contributed by atoms with Crippen LogP contribution >= 0.6 is 0 Å². The third-order valence-electron chi connectivity index (χ3n) is 5.25. The standard InChI is InChI=1S/C19H26FN5O/c1-19(2)16(10-17(19)26-4)24-18(21-3)23-11-13-5-6-15(14(20)9-13)25-8-7-22-12-25/h5-9,12,16-17H,10-11H2,1-4H3,(H2,21,23,24). The molecule has 26 heavy (non-hydrogen) atoms. The topological polar surface area (TPSA) is 63.5 Å². The number of halogens is 1. The Balaban J connectivity index is 1.59. The number of aromatic nitrogens is 2. The number of methoxy groups -OCH3 is 1. The van der Waals surface area contributed by atoms with E-state index >= 15 is 0 Å². The Morgan fingerprint density at radius 3 is 2.85 bits per heavy atom. The van der Waals surface area contributed by atoms with Crippen molar-refractivity contribution in [2.45, 2.75) is 39.0 Å². The molecule has 2 unspecified atom stereocenters. The molecule has 0 radical (unpaired) electrons. The number of hydrogen-bond donors (Lipinski definition) is 2. The van der Waals surface area contributed by atoms with Gasteiger partial charge in [-0.1, -0.05) is 19.9 Å². The maximum Gasteiger partial charge on any atom is 0.191 e. The van der Waals surface area contributed by atoms with Gasteiger partial charge in [-0.05, 0) is 24.1 Å². The van der Waals surface area contributed by atoms with Crippen molar-refractivity contribution >= 4 is 5.96 Å². The lowest BCUT2D eigenvalue weighted by atomic mass is 9.64. The molecule has 1 fully saturated rings. The predicted molar refractivity (Wildman–Crippen MR) is 99.8 cm³/mol. The summed E-state index contributed by atoms with van der Waals surface area (Å²) in [6.45, 7) is 4.85. The zero-order valence-corrected chi connectivity index (χ0v) is 15.7. The molecule has 0 aliphatic heterocycles. The number of ether oxygens (including phenoxy) is 1. The summed E-state index contributed by atoms with van der Waals surface area (Å²) in [5, 5.41) is 6.68. The lowest BCUT2D eigenvalue weighted by molar-refractivity contribution is -0.0922. The molecule has 2 N–H and O–H groups in total. The molecule has 0 bridgehead atoms. The van der Waals surface area contributed by atoms with E-state index in [1.165, 1.54) is 6.07 Å². The molecule has 0 amide bonds. The highest BCUT2D eigenvalue weighted by Gasteiger charge is 2.48. The van der Waals surface area contributed by atoms with Crippen LogP contribution in [0.1, 0.15) is 25.8 Å². The fraction of sp³-hybridized carbons (Fsp3) is 0.474. The lowest BCUT2D eigenvalue weighted by Crippen LogP contribution is -2.63. The van der Waals surface area contributed by atoms with Crippen LogP contribution in [0, 0.1) is 11.2 Å². The maximum absolute atomic E-state index is 14.3. The largest absolute Gasteiger partial charge is 0.381 e. The van der Waals surface area contributed by atoms with E-state index in [1.807, 2.05) is 6.07 Å². The van der Waals surface area contributed by atoms with Gasteiger partial charge in [0, 0.05) is 44.6 Å². The number of nitrogens with zero attached hydrogens (tertiary/aromatic N) is 3. The van der Waals surface area contributed by atoms with Gasteiger partial charge in [-0.15, -0.1) is 0 Å². The van der Waals surface area contributed by atoms with Gasteiger partial charge in [0.25, 0.3) is 0 Å². The number of imidazole rings is 1. The molecule has 1 aliphatic carbocycles. The van der Waals surface area contributed by atoms with E-state index in [0.29, 0.717) is 24.2 Å². The highest BCUT2D eigenvalue weighted by atomic mass is 19.1. The first-order valence-electron chi connectivity index (χ1n) is 8.72. The van der Waals surface area contributed by atoms with Crippen LogP contribution in [-0.2, 0) is 11.3 Å². The molecule has 0 saturated heterocycles. The number of aliphatic imine (C=N–C) groups is 1. The van der Waals surface area contributed by atoms with Crippen LogP contribution in [0.4, 0.5) is 4.39 Å². The molecule has 1 heterocycles. The quantitative estimate of drug-likeness (QED) is 0.636. The smallest absolute Gasteiger partial charge is 0.191 e. The van der Waals surface area contributed by atoms with E-state index in [2.05, 4.69) is 34.5 Å². The molecule has 140 valence electrons. The van der Waals surface area contributed by atoms with Crippen LogP contribution in [0.2, 0.25) is 0 Å². The maximum atomic E-state index is 14.3. The summed E-state index contributed by atoms with van der Waals surface area (Å²) in [5.74, 6) is 0.421. The summed E-state index contributed by atoms with van der Waals surface area (Å²) < 4.78 is 21.5. The Hall–Kier alpha value is -2.41. The molecule has 1 aromatic carbocycles. The van der Waals surface area contributed by atoms with Crippen LogP contribution in [0.5, 0.6) is 0 Å². The Morgan fingerprint density at radius 1 is 1.46 bits per heavy atom. The van der Waals surface area contributed by atoms with Gasteiger partial charge in [0.05, 0.1) is 18.1 Å². The third kappa shape index (κ3) is 3.58. The average Bonchev–Trinajstić information content (AvgIpc) is 3.15. The lowest BCUT2D eigenvalue weighted by Gasteiger charge is -2.51. The number of guanidine groups is 1. The second-order valence-corrected chi connectivity index (χ2v) is 7.16. The minimum absolute atomic E-state index is 0.0466. The Kier molecular flexibility index (Phi) is 5.27. The van der Waals surface area contributed by atoms with E-state index in [4.69, 9.17) is 4.74 Å². The van der Waals surface area contributed by atoms with E-state index in [9.17, 15) is 4.39 Å². The van der Waals surface area contributed by atoms with Gasteiger partial charge >= 0.3 is 0 Å². The number of nitrogens with one attached hydrogen (secondary N) is 2. The molecule has 2 aromatic rings. The van der Waals surface area contributed by atoms with E-state index in [-0.39, 0.29) is 17.3 Å². The summed E-state index contributed by atoms with van der Waals surface area (Å²) in [4.78, 5) is 8.22. The van der Waals surface area contributed by atoms with E-state index in [0.717, 1.165) is 12.0 Å². The second kappa shape index (κ2) is 7.45. The Bertz CT molecular complexity index is 772. The summed E-state index contributed by atoms with van der Waals surface area (Å²) in [5.41, 5.74) is 1.37. The molecule has 7 heteroatoms. The van der Waals surface area contributed by atoms with Crippen molar-refractivity contribution in [3.05, 3.63) is 48.3 Å². The van der Waals surface area contributed by atoms with Gasteiger partial charge in [-0.3, -0.25) is 4.99 Å². The normalized spacial score (nSPS) is 22.0. The molecule has 6 nitrogen and oxygen atoms in total. The van der Waals surface area contributed by atoms with Crippen LogP contribution in [-0.4, -0.2) is 41.8 Å². The van der Waals surface area contributed by atoms with Crippen LogP contribution < -0.4 is 10.6 Å². The van der Waals surface area contributed by atoms with Crippen molar-refractivity contribution in [2.24, 2.45) is 10.4 Å². The highest BCUT2D eigenvalue weighted by Crippen LogP contribution is 2.42. The summed E-state index contributed by atoms with van der Waals surface area (Å²) in [6.07, 6.45) is 6.12. The van der Waals surface area contributed by atoms with Gasteiger partial charge in [-0.25, -0.2) is 9.37 Å². The molecular weight excluding hydrogens is 333 g/mol. The van der Waals surface area contributed by atoms with Crippen LogP contribution in [0.15, 0.2) is 41.9 Å². The summed E-state index contributed by atoms with van der Waals surface area (Å²) >= 11 is 0. The average molecular weight is 359 g/mol. The third-order valence-corrected chi connectivity index (χ3v) is 5.25. The first kappa shape index (κ1) is 18.4. The number of benzene rings is 1. The molecule has 3 rings (SSSR count). The first-order valence-corrected chi connectivity index (χ1v) is 8.72. The zero-order chi connectivity index (χ0) is 18.7. The molecule has 1 aliphatic rings. The molecule has 2 atom stereocenters. The first-order chi connectivity index (χ1) is 12.5. The predicted octanol–water partition coefficient (Wildman–Crippen LogP) is 2.49. The van der Waals surface area contributed by atoms with E-state index in [1.54, 1.807) is 43.5 Å². The minimum Gasteiger partial charge on any atom is -0.381 e. The minimum atomic E-state index is -0.284. The molecule has 0 spiro atoms. The van der Waals surface area contributed by atoms with Crippen molar-refractivity contribution in [1.82, 2.24) is 20.2 Å². The highest BCUT2D eigenvalue weighted by molar-refractivity contribution is 5.80. The fourth-order valence-corrected chi connectivity index (χ4v) is 3.35. The summed E-state index contributed by atoms with van der Waals surface area (Å²) in [7, 11) is 3.48. The fourth-order valence-electron chi connectivity index (χ4n) is 3.35. The summed E-state index contributed by atoms with van der Waals surface area (Å²) in [6, 6.07) is 5.47. The monoisotopic (exact) mass is 359 g/mol. The van der Waals surface area contributed by atoms with Gasteiger partial charge in [0.2, 0.25) is 0 Å². The van der Waals surface area contributed by atoms with Crippen molar-refractivity contribution in [2.75, 3.05) is 14.2 Å². The zero-order valence-electron chi connectivity index (χ0n) is 15.7. The number of hydrogen-bond acceptors (Lipinski definition) is 3. The van der Waals surface area contributed by atoms with Crippen molar-refractivity contribution in [1.29, 1.82) is 0 Å². The molecule has 1 aromatic heterocycles. The van der Waals surface area contributed by atoms with Crippen LogP contribution in [0.3, 0.4) is 0 Å². The number of rotatable bonds is 5. The SMILES string of the molecule is CN=C(NCc1ccc(-n2ccnc2)c(F)c1)NC1CC(OC)C1(C)C. The molecule has 1 saturated carbocycles. The Labute approximate surface area is 153 Å². The Morgan fingerprint density at radius 2 is 2.27 bits per heavy atom. The van der Waals surface area contributed by atoms with Crippen molar-refractivity contribution < 1.29 is 9.13 Å². The molecular formula is C19H26FN5O. The second-order valence-electron chi connectivity index (χ2n) is 7.16. The van der Waals surface area contributed by atoms with Gasteiger partial charge in [0.1, 0.15) is 5.82 Å².